The Labute approximate surface area is 150 Å². The molecule has 0 saturated carbocycles. The lowest BCUT2D eigenvalue weighted by molar-refractivity contribution is -0.136. The number of carbonyl (C=O) groups excluding carboxylic acids is 2. The second kappa shape index (κ2) is 9.66. The van der Waals surface area contributed by atoms with Crippen molar-refractivity contribution in [2.24, 2.45) is 0 Å². The smallest absolute Gasteiger partial charge is 0.349 e. The molecule has 25 heavy (non-hydrogen) atoms. The molecule has 6 nitrogen and oxygen atoms in total. The molecule has 0 aliphatic rings. The van der Waals surface area contributed by atoms with Gasteiger partial charge in [-0.1, -0.05) is 17.7 Å². The van der Waals surface area contributed by atoms with Crippen molar-refractivity contribution >= 4 is 23.5 Å². The summed E-state index contributed by atoms with van der Waals surface area (Å²) in [6.07, 6.45) is 0. The molecule has 0 radical (unpaired) electrons. The summed E-state index contributed by atoms with van der Waals surface area (Å²) in [6.45, 7) is 0.181. The molecule has 0 aromatic heterocycles. The lowest BCUT2D eigenvalue weighted by Crippen LogP contribution is -2.18. The van der Waals surface area contributed by atoms with Gasteiger partial charge in [0.2, 0.25) is 0 Å². The fourth-order valence-electron chi connectivity index (χ4n) is 1.82. The number of esters is 2. The SMILES string of the molecule is COCCOC(=O)c1cccc(OC(=O)COc2ccc(Cl)cc2)c1. The molecule has 0 heterocycles. The highest BCUT2D eigenvalue weighted by Gasteiger charge is 2.11. The lowest BCUT2D eigenvalue weighted by Gasteiger charge is -2.08. The van der Waals surface area contributed by atoms with Crippen LogP contribution >= 0.6 is 11.6 Å². The second-order valence-corrected chi connectivity index (χ2v) is 5.31. The van der Waals surface area contributed by atoms with E-state index in [0.717, 1.165) is 0 Å². The Bertz CT molecular complexity index is 714. The van der Waals surface area contributed by atoms with Crippen molar-refractivity contribution < 1.29 is 28.5 Å². The number of ether oxygens (including phenoxy) is 4. The Hall–Kier alpha value is -2.57. The van der Waals surface area contributed by atoms with Gasteiger partial charge in [0.15, 0.2) is 6.61 Å². The zero-order valence-electron chi connectivity index (χ0n) is 13.6. The molecule has 0 fully saturated rings. The maximum absolute atomic E-state index is 11.8. The molecule has 0 aliphatic carbocycles. The van der Waals surface area contributed by atoms with Gasteiger partial charge in [0.05, 0.1) is 12.2 Å². The normalized spacial score (nSPS) is 10.2. The largest absolute Gasteiger partial charge is 0.482 e. The molecule has 0 amide bonds. The maximum atomic E-state index is 11.8. The lowest BCUT2D eigenvalue weighted by atomic mass is 10.2. The topological polar surface area (TPSA) is 71.1 Å². The predicted molar refractivity (Wildman–Crippen MR) is 91.2 cm³/mol. The molecule has 0 unspecified atom stereocenters. The van der Waals surface area contributed by atoms with E-state index in [1.807, 2.05) is 0 Å². The van der Waals surface area contributed by atoms with E-state index >= 15 is 0 Å². The van der Waals surface area contributed by atoms with Crippen LogP contribution in [0.5, 0.6) is 11.5 Å². The molecule has 0 bridgehead atoms. The predicted octanol–water partition coefficient (Wildman–Crippen LogP) is 3.13. The summed E-state index contributed by atoms with van der Waals surface area (Å²) in [7, 11) is 1.51. The molecule has 2 aromatic rings. The van der Waals surface area contributed by atoms with Gasteiger partial charge in [-0.25, -0.2) is 9.59 Å². The van der Waals surface area contributed by atoms with Crippen molar-refractivity contribution in [3.63, 3.8) is 0 Å². The third kappa shape index (κ3) is 6.45. The summed E-state index contributed by atoms with van der Waals surface area (Å²) >= 11 is 5.77. The van der Waals surface area contributed by atoms with Crippen LogP contribution in [0.2, 0.25) is 5.02 Å². The molecule has 2 rings (SSSR count). The molecule has 0 atom stereocenters. The molecule has 7 heteroatoms. The van der Waals surface area contributed by atoms with Gasteiger partial charge in [-0.05, 0) is 42.5 Å². The zero-order chi connectivity index (χ0) is 18.1. The first-order valence-corrected chi connectivity index (χ1v) is 7.81. The van der Waals surface area contributed by atoms with E-state index < -0.39 is 11.9 Å². The summed E-state index contributed by atoms with van der Waals surface area (Å²) in [5.41, 5.74) is 0.278. The summed E-state index contributed by atoms with van der Waals surface area (Å²) in [5.74, 6) is -0.394. The Kier molecular flexibility index (Phi) is 7.25. The Morgan fingerprint density at radius 1 is 1.00 bits per heavy atom. The number of carbonyl (C=O) groups is 2. The van der Waals surface area contributed by atoms with Crippen molar-refractivity contribution in [1.29, 1.82) is 0 Å². The fourth-order valence-corrected chi connectivity index (χ4v) is 1.95. The number of hydrogen-bond donors (Lipinski definition) is 0. The van der Waals surface area contributed by atoms with Crippen LogP contribution in [0.1, 0.15) is 10.4 Å². The average molecular weight is 365 g/mol. The number of benzene rings is 2. The van der Waals surface area contributed by atoms with Crippen LogP contribution in [0.25, 0.3) is 0 Å². The Morgan fingerprint density at radius 3 is 2.48 bits per heavy atom. The Balaban J connectivity index is 1.86. The minimum Gasteiger partial charge on any atom is -0.482 e. The summed E-state index contributed by atoms with van der Waals surface area (Å²) in [5, 5.41) is 0.573. The van der Waals surface area contributed by atoms with Crippen LogP contribution in [0.15, 0.2) is 48.5 Å². The van der Waals surface area contributed by atoms with E-state index in [1.54, 1.807) is 42.5 Å². The van der Waals surface area contributed by atoms with Crippen LogP contribution in [0, 0.1) is 0 Å². The van der Waals surface area contributed by atoms with Crippen molar-refractivity contribution in [2.45, 2.75) is 0 Å². The zero-order valence-corrected chi connectivity index (χ0v) is 14.3. The van der Waals surface area contributed by atoms with Gasteiger partial charge in [0, 0.05) is 12.1 Å². The quantitative estimate of drug-likeness (QED) is 0.407. The fraction of sp³-hybridized carbons (Fsp3) is 0.222. The first-order chi connectivity index (χ1) is 12.1. The van der Waals surface area contributed by atoms with Gasteiger partial charge >= 0.3 is 11.9 Å². The van der Waals surface area contributed by atoms with E-state index in [9.17, 15) is 9.59 Å². The van der Waals surface area contributed by atoms with Crippen molar-refractivity contribution in [2.75, 3.05) is 26.9 Å². The van der Waals surface area contributed by atoms with Gasteiger partial charge in [-0.3, -0.25) is 0 Å². The van der Waals surface area contributed by atoms with E-state index in [0.29, 0.717) is 17.4 Å². The highest BCUT2D eigenvalue weighted by atomic mass is 35.5. The molecule has 2 aromatic carbocycles. The number of halogens is 1. The number of hydrogen-bond acceptors (Lipinski definition) is 6. The standard InChI is InChI=1S/C18H17ClO6/c1-22-9-10-23-18(21)13-3-2-4-16(11-13)25-17(20)12-24-15-7-5-14(19)6-8-15/h2-8,11H,9-10,12H2,1H3. The van der Waals surface area contributed by atoms with Crippen molar-refractivity contribution in [1.82, 2.24) is 0 Å². The van der Waals surface area contributed by atoms with Crippen molar-refractivity contribution in [3.8, 4) is 11.5 Å². The van der Waals surface area contributed by atoms with Crippen LogP contribution in [-0.2, 0) is 14.3 Å². The third-order valence-electron chi connectivity index (χ3n) is 2.99. The van der Waals surface area contributed by atoms with Crippen LogP contribution in [0.3, 0.4) is 0 Å². The molecular weight excluding hydrogens is 348 g/mol. The minimum absolute atomic E-state index is 0.147. The maximum Gasteiger partial charge on any atom is 0.349 e. The number of rotatable bonds is 8. The van der Waals surface area contributed by atoms with Crippen LogP contribution in [0.4, 0.5) is 0 Å². The molecule has 0 saturated heterocycles. The molecular formula is C18H17ClO6. The van der Waals surface area contributed by atoms with Gasteiger partial charge in [0.1, 0.15) is 18.1 Å². The van der Waals surface area contributed by atoms with Gasteiger partial charge in [-0.2, -0.15) is 0 Å². The van der Waals surface area contributed by atoms with E-state index in [4.69, 9.17) is 30.5 Å². The number of methoxy groups -OCH3 is 1. The third-order valence-corrected chi connectivity index (χ3v) is 3.24. The van der Waals surface area contributed by atoms with Crippen LogP contribution in [-0.4, -0.2) is 38.9 Å². The highest BCUT2D eigenvalue weighted by Crippen LogP contribution is 2.17. The molecule has 0 aliphatic heterocycles. The minimum atomic E-state index is -0.597. The van der Waals surface area contributed by atoms with Crippen LogP contribution < -0.4 is 9.47 Å². The van der Waals surface area contributed by atoms with Crippen molar-refractivity contribution in [3.05, 3.63) is 59.1 Å². The summed E-state index contributed by atoms with van der Waals surface area (Å²) in [6, 6.07) is 12.7. The molecule has 0 spiro atoms. The monoisotopic (exact) mass is 364 g/mol. The average Bonchev–Trinajstić information content (AvgIpc) is 2.61. The second-order valence-electron chi connectivity index (χ2n) is 4.87. The summed E-state index contributed by atoms with van der Waals surface area (Å²) < 4.78 is 20.3. The van der Waals surface area contributed by atoms with Gasteiger partial charge in [0.25, 0.3) is 0 Å². The molecule has 0 N–H and O–H groups in total. The van der Waals surface area contributed by atoms with E-state index in [1.165, 1.54) is 13.2 Å². The van der Waals surface area contributed by atoms with Gasteiger partial charge in [-0.15, -0.1) is 0 Å². The Morgan fingerprint density at radius 2 is 1.76 bits per heavy atom. The van der Waals surface area contributed by atoms with E-state index in [2.05, 4.69) is 0 Å². The summed E-state index contributed by atoms with van der Waals surface area (Å²) in [4.78, 5) is 23.7. The van der Waals surface area contributed by atoms with Gasteiger partial charge < -0.3 is 18.9 Å². The first-order valence-electron chi connectivity index (χ1n) is 7.43. The molecule has 132 valence electrons. The highest BCUT2D eigenvalue weighted by molar-refractivity contribution is 6.30. The first kappa shape index (κ1) is 18.8. The van der Waals surface area contributed by atoms with E-state index in [-0.39, 0.29) is 24.5 Å².